The van der Waals surface area contributed by atoms with Crippen molar-refractivity contribution in [2.75, 3.05) is 13.2 Å². The van der Waals surface area contributed by atoms with Crippen molar-refractivity contribution >= 4 is 28.6 Å². The van der Waals surface area contributed by atoms with Gasteiger partial charge in [0.15, 0.2) is 0 Å². The number of hydrogen-bond acceptors (Lipinski definition) is 5. The Morgan fingerprint density at radius 2 is 2.44 bits per heavy atom. The molecule has 0 aliphatic rings. The molecule has 0 radical (unpaired) electrons. The van der Waals surface area contributed by atoms with Crippen LogP contribution in [0.5, 0.6) is 0 Å². The van der Waals surface area contributed by atoms with Crippen LogP contribution in [0.2, 0.25) is 0 Å². The molecule has 8 heteroatoms. The minimum Gasteiger partial charge on any atom is -0.389 e. The van der Waals surface area contributed by atoms with Gasteiger partial charge in [0.05, 0.1) is 17.6 Å². The van der Waals surface area contributed by atoms with Crippen LogP contribution in [0.25, 0.3) is 0 Å². The molecule has 0 saturated carbocycles. The van der Waals surface area contributed by atoms with E-state index in [1.807, 2.05) is 0 Å². The molecular weight excluding hydrogens is 254 g/mol. The Kier molecular flexibility index (Phi) is 5.56. The van der Waals surface area contributed by atoms with Gasteiger partial charge in [0, 0.05) is 6.54 Å². The smallest absolute Gasteiger partial charge is 0.301 e. The maximum absolute atomic E-state index is 11.4. The van der Waals surface area contributed by atoms with Crippen LogP contribution in [-0.4, -0.2) is 39.0 Å². The largest absolute Gasteiger partial charge is 0.389 e. The maximum Gasteiger partial charge on any atom is 0.301 e. The Morgan fingerprint density at radius 3 is 3.00 bits per heavy atom. The highest BCUT2D eigenvalue weighted by Crippen LogP contribution is 2.07. The zero-order chi connectivity index (χ0) is 12.0. The van der Waals surface area contributed by atoms with Gasteiger partial charge in [-0.25, -0.2) is 0 Å². The standard InChI is InChI=1S/C8H11NO5S2/c10-6(5-14-16(12)13)4-9-8(11)7-2-1-3-15-7/h1-3,6,10H,4-5H2,(H,9,11)(H,12,13). The van der Waals surface area contributed by atoms with E-state index in [4.69, 9.17) is 4.55 Å². The molecule has 1 amide bonds. The molecule has 16 heavy (non-hydrogen) atoms. The van der Waals surface area contributed by atoms with Gasteiger partial charge in [-0.2, -0.15) is 4.21 Å². The number of aliphatic hydroxyl groups is 1. The van der Waals surface area contributed by atoms with Crippen LogP contribution in [0, 0.1) is 0 Å². The Morgan fingerprint density at radius 1 is 1.69 bits per heavy atom. The van der Waals surface area contributed by atoms with Gasteiger partial charge in [-0.05, 0) is 11.4 Å². The fraction of sp³-hybridized carbons (Fsp3) is 0.375. The van der Waals surface area contributed by atoms with E-state index >= 15 is 0 Å². The molecule has 0 fully saturated rings. The summed E-state index contributed by atoms with van der Waals surface area (Å²) >= 11 is -1.11. The van der Waals surface area contributed by atoms with Crippen LogP contribution in [0.15, 0.2) is 17.5 Å². The van der Waals surface area contributed by atoms with Crippen molar-refractivity contribution in [3.8, 4) is 0 Å². The molecule has 1 heterocycles. The molecule has 0 saturated heterocycles. The van der Waals surface area contributed by atoms with Crippen LogP contribution < -0.4 is 5.32 Å². The van der Waals surface area contributed by atoms with Crippen LogP contribution in [0.4, 0.5) is 0 Å². The van der Waals surface area contributed by atoms with E-state index in [0.717, 1.165) is 0 Å². The normalized spacial score (nSPS) is 14.4. The van der Waals surface area contributed by atoms with Gasteiger partial charge in [0.25, 0.3) is 5.91 Å². The molecule has 90 valence electrons. The van der Waals surface area contributed by atoms with Gasteiger partial charge in [0.1, 0.15) is 0 Å². The molecule has 0 aliphatic carbocycles. The van der Waals surface area contributed by atoms with Crippen molar-refractivity contribution in [3.05, 3.63) is 22.4 Å². The van der Waals surface area contributed by atoms with E-state index in [9.17, 15) is 14.1 Å². The van der Waals surface area contributed by atoms with Gasteiger partial charge >= 0.3 is 11.4 Å². The number of hydrogen-bond donors (Lipinski definition) is 3. The van der Waals surface area contributed by atoms with Crippen molar-refractivity contribution in [1.82, 2.24) is 5.32 Å². The molecule has 0 bridgehead atoms. The third-order valence-electron chi connectivity index (χ3n) is 1.60. The Bertz CT molecular complexity index is 353. The topological polar surface area (TPSA) is 95.9 Å². The second-order valence-corrected chi connectivity index (χ2v) is 4.46. The second-order valence-electron chi connectivity index (χ2n) is 2.84. The Hall–Kier alpha value is -0.800. The van der Waals surface area contributed by atoms with Crippen molar-refractivity contribution in [3.63, 3.8) is 0 Å². The third-order valence-corrected chi connectivity index (χ3v) is 2.81. The van der Waals surface area contributed by atoms with Gasteiger partial charge in [0.2, 0.25) is 0 Å². The molecular formula is C8H11NO5S2. The molecule has 1 rings (SSSR count). The lowest BCUT2D eigenvalue weighted by Crippen LogP contribution is -2.34. The van der Waals surface area contributed by atoms with Crippen molar-refractivity contribution in [1.29, 1.82) is 0 Å². The van der Waals surface area contributed by atoms with Gasteiger partial charge in [-0.1, -0.05) is 6.07 Å². The third kappa shape index (κ3) is 4.81. The number of carbonyl (C=O) groups excluding carboxylic acids is 1. The highest BCUT2D eigenvalue weighted by atomic mass is 32.2. The monoisotopic (exact) mass is 265 g/mol. The molecule has 3 N–H and O–H groups in total. The maximum atomic E-state index is 11.4. The van der Waals surface area contributed by atoms with Gasteiger partial charge in [-0.15, -0.1) is 11.3 Å². The van der Waals surface area contributed by atoms with E-state index in [2.05, 4.69) is 9.50 Å². The molecule has 0 aromatic carbocycles. The van der Waals surface area contributed by atoms with E-state index in [1.165, 1.54) is 11.3 Å². The number of rotatable bonds is 6. The predicted octanol–water partition coefficient (Wildman–Crippen LogP) is -0.00790. The van der Waals surface area contributed by atoms with Crippen LogP contribution in [0.3, 0.4) is 0 Å². The van der Waals surface area contributed by atoms with Crippen LogP contribution in [0.1, 0.15) is 9.67 Å². The summed E-state index contributed by atoms with van der Waals surface area (Å²) in [7, 11) is 0. The van der Waals surface area contributed by atoms with Crippen molar-refractivity contribution in [2.24, 2.45) is 0 Å². The second kappa shape index (κ2) is 6.71. The summed E-state index contributed by atoms with van der Waals surface area (Å²) in [5.41, 5.74) is 0. The lowest BCUT2D eigenvalue weighted by molar-refractivity contribution is 0.0853. The number of nitrogens with one attached hydrogen (secondary N) is 1. The summed E-state index contributed by atoms with van der Waals surface area (Å²) in [5.74, 6) is -0.292. The lowest BCUT2D eigenvalue weighted by atomic mass is 10.3. The summed E-state index contributed by atoms with van der Waals surface area (Å²) < 4.78 is 22.7. The van der Waals surface area contributed by atoms with Crippen LogP contribution >= 0.6 is 11.3 Å². The van der Waals surface area contributed by atoms with Crippen molar-refractivity contribution < 1.29 is 22.8 Å². The molecule has 6 nitrogen and oxygen atoms in total. The van der Waals surface area contributed by atoms with E-state index in [0.29, 0.717) is 4.88 Å². The Labute approximate surface area is 98.7 Å². The quantitative estimate of drug-likeness (QED) is 0.629. The van der Waals surface area contributed by atoms with Gasteiger partial charge < -0.3 is 10.4 Å². The average Bonchev–Trinajstić information content (AvgIpc) is 2.76. The highest BCUT2D eigenvalue weighted by Gasteiger charge is 2.10. The summed E-state index contributed by atoms with van der Waals surface area (Å²) in [6, 6.07) is 3.40. The summed E-state index contributed by atoms with van der Waals surface area (Å²) in [4.78, 5) is 11.9. The molecule has 0 spiro atoms. The first-order valence-corrected chi connectivity index (χ1v) is 6.24. The predicted molar refractivity (Wildman–Crippen MR) is 59.4 cm³/mol. The van der Waals surface area contributed by atoms with E-state index < -0.39 is 17.5 Å². The molecule has 2 atom stereocenters. The minimum absolute atomic E-state index is 0.0338. The first kappa shape index (κ1) is 13.3. The number of aliphatic hydroxyl groups excluding tert-OH is 1. The SMILES string of the molecule is O=C(NCC(O)COS(=O)O)c1cccs1. The Balaban J connectivity index is 2.24. The van der Waals surface area contributed by atoms with E-state index in [1.54, 1.807) is 17.5 Å². The highest BCUT2D eigenvalue weighted by molar-refractivity contribution is 7.74. The molecule has 1 aromatic heterocycles. The van der Waals surface area contributed by atoms with Gasteiger partial charge in [-0.3, -0.25) is 13.5 Å². The number of thiophene rings is 1. The van der Waals surface area contributed by atoms with E-state index in [-0.39, 0.29) is 19.1 Å². The average molecular weight is 265 g/mol. The zero-order valence-electron chi connectivity index (χ0n) is 8.16. The summed E-state index contributed by atoms with van der Waals surface area (Å²) in [6.07, 6.45) is -1.01. The fourth-order valence-corrected chi connectivity index (χ4v) is 1.81. The number of carbonyl (C=O) groups is 1. The molecule has 0 aliphatic heterocycles. The van der Waals surface area contributed by atoms with Crippen molar-refractivity contribution in [2.45, 2.75) is 6.10 Å². The minimum atomic E-state index is -2.40. The first-order valence-electron chi connectivity index (χ1n) is 4.33. The summed E-state index contributed by atoms with van der Waals surface area (Å²) in [6.45, 7) is -0.345. The van der Waals surface area contributed by atoms with Crippen LogP contribution in [-0.2, 0) is 15.5 Å². The zero-order valence-corrected chi connectivity index (χ0v) is 9.79. The lowest BCUT2D eigenvalue weighted by Gasteiger charge is -2.09. The first-order chi connectivity index (χ1) is 7.59. The number of amides is 1. The molecule has 1 aromatic rings. The summed E-state index contributed by atoms with van der Waals surface area (Å²) in [5, 5.41) is 13.5. The molecule has 2 unspecified atom stereocenters. The fourth-order valence-electron chi connectivity index (χ4n) is 0.901.